The number of anilines is 1. The van der Waals surface area contributed by atoms with Crippen LogP contribution in [0.4, 0.5) is 5.82 Å². The van der Waals surface area contributed by atoms with Gasteiger partial charge >= 0.3 is 0 Å². The molecular weight excluding hydrogens is 228 g/mol. The van der Waals surface area contributed by atoms with Gasteiger partial charge in [0.15, 0.2) is 5.82 Å². The fourth-order valence-electron chi connectivity index (χ4n) is 1.67. The zero-order chi connectivity index (χ0) is 13.0. The first-order valence-electron chi connectivity index (χ1n) is 5.70. The SMILES string of the molecule is CNc1cc(-c2ccnc(C)c2)nc(COC)n1. The molecule has 0 fully saturated rings. The lowest BCUT2D eigenvalue weighted by molar-refractivity contribution is 0.178. The van der Waals surface area contributed by atoms with E-state index < -0.39 is 0 Å². The first kappa shape index (κ1) is 12.4. The smallest absolute Gasteiger partial charge is 0.157 e. The van der Waals surface area contributed by atoms with Gasteiger partial charge in [0.2, 0.25) is 0 Å². The normalized spacial score (nSPS) is 10.4. The summed E-state index contributed by atoms with van der Waals surface area (Å²) in [5.41, 5.74) is 2.86. The molecule has 0 radical (unpaired) electrons. The van der Waals surface area contributed by atoms with E-state index in [1.807, 2.05) is 32.2 Å². The maximum atomic E-state index is 5.08. The highest BCUT2D eigenvalue weighted by molar-refractivity contribution is 5.62. The second kappa shape index (κ2) is 5.55. The second-order valence-electron chi connectivity index (χ2n) is 3.92. The third kappa shape index (κ3) is 2.81. The Bertz CT molecular complexity index is 542. The van der Waals surface area contributed by atoms with E-state index in [4.69, 9.17) is 4.74 Å². The summed E-state index contributed by atoms with van der Waals surface area (Å²) in [5, 5.41) is 3.03. The maximum Gasteiger partial charge on any atom is 0.157 e. The Morgan fingerprint density at radius 2 is 2.11 bits per heavy atom. The van der Waals surface area contributed by atoms with E-state index in [0.29, 0.717) is 12.4 Å². The molecule has 2 heterocycles. The molecule has 0 aliphatic heterocycles. The molecule has 2 aromatic rings. The van der Waals surface area contributed by atoms with Gasteiger partial charge < -0.3 is 10.1 Å². The molecule has 2 rings (SSSR count). The van der Waals surface area contributed by atoms with E-state index in [2.05, 4.69) is 20.3 Å². The molecule has 0 aliphatic rings. The zero-order valence-corrected chi connectivity index (χ0v) is 10.8. The van der Waals surface area contributed by atoms with Crippen LogP contribution in [0.3, 0.4) is 0 Å². The van der Waals surface area contributed by atoms with Crippen LogP contribution in [0.1, 0.15) is 11.5 Å². The number of aromatic nitrogens is 3. The molecule has 94 valence electrons. The highest BCUT2D eigenvalue weighted by Gasteiger charge is 2.06. The highest BCUT2D eigenvalue weighted by Crippen LogP contribution is 2.20. The predicted octanol–water partition coefficient (Wildman–Crippen LogP) is 2.04. The molecule has 18 heavy (non-hydrogen) atoms. The van der Waals surface area contributed by atoms with Crippen molar-refractivity contribution in [2.75, 3.05) is 19.5 Å². The largest absolute Gasteiger partial charge is 0.377 e. The van der Waals surface area contributed by atoms with Crippen molar-refractivity contribution >= 4 is 5.82 Å². The van der Waals surface area contributed by atoms with Crippen LogP contribution in [0.25, 0.3) is 11.3 Å². The maximum absolute atomic E-state index is 5.08. The summed E-state index contributed by atoms with van der Waals surface area (Å²) in [7, 11) is 3.46. The summed E-state index contributed by atoms with van der Waals surface area (Å²) < 4.78 is 5.08. The Morgan fingerprint density at radius 3 is 2.78 bits per heavy atom. The van der Waals surface area contributed by atoms with E-state index in [1.54, 1.807) is 13.3 Å². The van der Waals surface area contributed by atoms with Crippen molar-refractivity contribution in [1.29, 1.82) is 0 Å². The van der Waals surface area contributed by atoms with Crippen LogP contribution in [-0.4, -0.2) is 29.1 Å². The summed E-state index contributed by atoms with van der Waals surface area (Å²) in [4.78, 5) is 13.0. The fourth-order valence-corrected chi connectivity index (χ4v) is 1.67. The second-order valence-corrected chi connectivity index (χ2v) is 3.92. The van der Waals surface area contributed by atoms with Crippen LogP contribution < -0.4 is 5.32 Å². The molecule has 0 bridgehead atoms. The van der Waals surface area contributed by atoms with Crippen molar-refractivity contribution in [3.05, 3.63) is 35.9 Å². The number of nitrogens with zero attached hydrogens (tertiary/aromatic N) is 3. The number of rotatable bonds is 4. The molecule has 5 nitrogen and oxygen atoms in total. The summed E-state index contributed by atoms with van der Waals surface area (Å²) in [5.74, 6) is 1.44. The molecule has 0 spiro atoms. The number of hydrogen-bond acceptors (Lipinski definition) is 5. The van der Waals surface area contributed by atoms with Crippen molar-refractivity contribution in [3.8, 4) is 11.3 Å². The molecule has 0 saturated carbocycles. The molecule has 0 amide bonds. The van der Waals surface area contributed by atoms with Crippen LogP contribution in [0, 0.1) is 6.92 Å². The Kier molecular flexibility index (Phi) is 3.84. The first-order valence-corrected chi connectivity index (χ1v) is 5.70. The van der Waals surface area contributed by atoms with E-state index in [9.17, 15) is 0 Å². The molecule has 0 aromatic carbocycles. The van der Waals surface area contributed by atoms with Crippen LogP contribution in [0.5, 0.6) is 0 Å². The minimum absolute atomic E-state index is 0.395. The zero-order valence-electron chi connectivity index (χ0n) is 10.8. The lowest BCUT2D eigenvalue weighted by Crippen LogP contribution is -2.03. The van der Waals surface area contributed by atoms with E-state index >= 15 is 0 Å². The van der Waals surface area contributed by atoms with Gasteiger partial charge in [-0.25, -0.2) is 9.97 Å². The standard InChI is InChI=1S/C13H16N4O/c1-9-6-10(4-5-15-9)11-7-12(14-2)17-13(16-11)8-18-3/h4-7H,8H2,1-3H3,(H,14,16,17). The average Bonchev–Trinajstić information content (AvgIpc) is 2.39. The van der Waals surface area contributed by atoms with Crippen molar-refractivity contribution in [3.63, 3.8) is 0 Å². The lowest BCUT2D eigenvalue weighted by atomic mass is 10.1. The molecule has 5 heteroatoms. The van der Waals surface area contributed by atoms with Crippen LogP contribution in [0.2, 0.25) is 0 Å². The number of hydrogen-bond donors (Lipinski definition) is 1. The van der Waals surface area contributed by atoms with Gasteiger partial charge in [0, 0.05) is 37.7 Å². The molecule has 0 saturated heterocycles. The van der Waals surface area contributed by atoms with Gasteiger partial charge in [-0.15, -0.1) is 0 Å². The van der Waals surface area contributed by atoms with Gasteiger partial charge in [0.05, 0.1) is 5.69 Å². The Morgan fingerprint density at radius 1 is 1.28 bits per heavy atom. The molecule has 0 aliphatic carbocycles. The lowest BCUT2D eigenvalue weighted by Gasteiger charge is -2.07. The van der Waals surface area contributed by atoms with Gasteiger partial charge in [0.1, 0.15) is 12.4 Å². The first-order chi connectivity index (χ1) is 8.72. The molecule has 1 N–H and O–H groups in total. The average molecular weight is 244 g/mol. The van der Waals surface area contributed by atoms with E-state index in [1.165, 1.54) is 0 Å². The van der Waals surface area contributed by atoms with Gasteiger partial charge in [-0.3, -0.25) is 4.98 Å². The summed E-state index contributed by atoms with van der Waals surface area (Å²) in [6.07, 6.45) is 1.78. The van der Waals surface area contributed by atoms with Gasteiger partial charge in [-0.1, -0.05) is 0 Å². The Balaban J connectivity index is 2.46. The summed E-state index contributed by atoms with van der Waals surface area (Å²) in [6.45, 7) is 2.35. The number of methoxy groups -OCH3 is 1. The monoisotopic (exact) mass is 244 g/mol. The van der Waals surface area contributed by atoms with Crippen LogP contribution >= 0.6 is 0 Å². The number of ether oxygens (including phenoxy) is 1. The summed E-state index contributed by atoms with van der Waals surface area (Å²) in [6, 6.07) is 5.84. The predicted molar refractivity (Wildman–Crippen MR) is 70.3 cm³/mol. The third-order valence-electron chi connectivity index (χ3n) is 2.49. The van der Waals surface area contributed by atoms with Crippen molar-refractivity contribution in [2.45, 2.75) is 13.5 Å². The van der Waals surface area contributed by atoms with Crippen LogP contribution in [-0.2, 0) is 11.3 Å². The molecule has 0 atom stereocenters. The number of nitrogens with one attached hydrogen (secondary N) is 1. The van der Waals surface area contributed by atoms with Gasteiger partial charge in [-0.2, -0.15) is 0 Å². The van der Waals surface area contributed by atoms with Crippen molar-refractivity contribution < 1.29 is 4.74 Å². The van der Waals surface area contributed by atoms with E-state index in [0.717, 1.165) is 22.8 Å². The van der Waals surface area contributed by atoms with E-state index in [-0.39, 0.29) is 0 Å². The quantitative estimate of drug-likeness (QED) is 0.891. The summed E-state index contributed by atoms with van der Waals surface area (Å²) >= 11 is 0. The van der Waals surface area contributed by atoms with Gasteiger partial charge in [-0.05, 0) is 19.1 Å². The van der Waals surface area contributed by atoms with Crippen molar-refractivity contribution in [1.82, 2.24) is 15.0 Å². The fraction of sp³-hybridized carbons (Fsp3) is 0.308. The molecular formula is C13H16N4O. The minimum atomic E-state index is 0.395. The number of pyridine rings is 1. The van der Waals surface area contributed by atoms with Gasteiger partial charge in [0.25, 0.3) is 0 Å². The third-order valence-corrected chi connectivity index (χ3v) is 2.49. The topological polar surface area (TPSA) is 59.9 Å². The van der Waals surface area contributed by atoms with Crippen molar-refractivity contribution in [2.24, 2.45) is 0 Å². The highest BCUT2D eigenvalue weighted by atomic mass is 16.5. The number of aryl methyl sites for hydroxylation is 1. The minimum Gasteiger partial charge on any atom is -0.377 e. The molecule has 2 aromatic heterocycles. The van der Waals surface area contributed by atoms with Crippen LogP contribution in [0.15, 0.2) is 24.4 Å². The Hall–Kier alpha value is -2.01. The Labute approximate surface area is 106 Å². The molecule has 0 unspecified atom stereocenters.